The van der Waals surface area contributed by atoms with Crippen LogP contribution in [0.15, 0.2) is 48.5 Å². The molecule has 7 nitrogen and oxygen atoms in total. The molecule has 9 heteroatoms. The number of ether oxygens (including phenoxy) is 2. The number of benzene rings is 2. The maximum absolute atomic E-state index is 12.1. The van der Waals surface area contributed by atoms with Crippen molar-refractivity contribution in [3.8, 4) is 11.5 Å². The van der Waals surface area contributed by atoms with Crippen molar-refractivity contribution in [2.24, 2.45) is 0 Å². The van der Waals surface area contributed by atoms with Gasteiger partial charge in [-0.3, -0.25) is 5.32 Å². The molecule has 3 aromatic rings. The Labute approximate surface area is 165 Å². The van der Waals surface area contributed by atoms with Gasteiger partial charge in [0.2, 0.25) is 5.13 Å². The lowest BCUT2D eigenvalue weighted by Crippen LogP contribution is -2.19. The maximum atomic E-state index is 12.1. The number of hydrogen-bond donors (Lipinski definition) is 2. The van der Waals surface area contributed by atoms with Gasteiger partial charge in [-0.15, -0.1) is 10.2 Å². The van der Waals surface area contributed by atoms with Crippen LogP contribution < -0.4 is 20.1 Å². The van der Waals surface area contributed by atoms with Crippen molar-refractivity contribution in [3.63, 3.8) is 0 Å². The molecule has 27 heavy (non-hydrogen) atoms. The Morgan fingerprint density at radius 1 is 1.00 bits per heavy atom. The lowest BCUT2D eigenvalue weighted by Gasteiger charge is -2.07. The first kappa shape index (κ1) is 18.9. The Balaban J connectivity index is 1.49. The van der Waals surface area contributed by atoms with E-state index in [2.05, 4.69) is 20.8 Å². The molecular weight excluding hydrogens is 388 g/mol. The van der Waals surface area contributed by atoms with Gasteiger partial charge >= 0.3 is 6.03 Å². The van der Waals surface area contributed by atoms with Gasteiger partial charge in [-0.1, -0.05) is 22.9 Å². The molecule has 0 saturated heterocycles. The number of rotatable bonds is 7. The summed E-state index contributed by atoms with van der Waals surface area (Å²) >= 11 is 7.07. The predicted octanol–water partition coefficient (Wildman–Crippen LogP) is 4.81. The van der Waals surface area contributed by atoms with E-state index in [9.17, 15) is 4.79 Å². The molecule has 2 N–H and O–H groups in total. The lowest BCUT2D eigenvalue weighted by molar-refractivity contribution is 0.262. The number of urea groups is 1. The molecule has 0 spiro atoms. The van der Waals surface area contributed by atoms with Crippen molar-refractivity contribution < 1.29 is 14.3 Å². The number of halogens is 1. The topological polar surface area (TPSA) is 85.4 Å². The number of hydrogen-bond acceptors (Lipinski definition) is 6. The van der Waals surface area contributed by atoms with E-state index in [1.807, 2.05) is 6.92 Å². The van der Waals surface area contributed by atoms with Gasteiger partial charge in [0.05, 0.1) is 6.61 Å². The fourth-order valence-corrected chi connectivity index (χ4v) is 2.87. The van der Waals surface area contributed by atoms with Gasteiger partial charge in [-0.2, -0.15) is 0 Å². The van der Waals surface area contributed by atoms with Crippen molar-refractivity contribution in [2.45, 2.75) is 13.5 Å². The zero-order valence-electron chi connectivity index (χ0n) is 14.4. The number of aromatic nitrogens is 2. The second-order valence-corrected chi connectivity index (χ2v) is 6.78. The van der Waals surface area contributed by atoms with E-state index in [0.717, 1.165) is 5.75 Å². The number of nitrogens with one attached hydrogen (secondary N) is 2. The van der Waals surface area contributed by atoms with Gasteiger partial charge in [0.15, 0.2) is 5.01 Å². The standard InChI is InChI=1S/C18H17ClN4O3S/c1-2-25-14-9-5-13(6-10-14)20-17(24)21-18-23-22-16(27-18)11-26-15-7-3-12(19)4-8-15/h3-10H,2,11H2,1H3,(H2,20,21,23,24). The normalized spacial score (nSPS) is 10.3. The zero-order valence-corrected chi connectivity index (χ0v) is 16.0. The SMILES string of the molecule is CCOc1ccc(NC(=O)Nc2nnc(COc3ccc(Cl)cc3)s2)cc1. The molecule has 3 rings (SSSR count). The van der Waals surface area contributed by atoms with Crippen LogP contribution in [0.3, 0.4) is 0 Å². The number of amides is 2. The molecule has 0 unspecified atom stereocenters. The Morgan fingerprint density at radius 2 is 1.67 bits per heavy atom. The molecule has 0 atom stereocenters. The van der Waals surface area contributed by atoms with E-state index in [1.54, 1.807) is 48.5 Å². The molecule has 0 aliphatic heterocycles. The number of anilines is 2. The zero-order chi connectivity index (χ0) is 19.1. The minimum Gasteiger partial charge on any atom is -0.494 e. The van der Waals surface area contributed by atoms with Gasteiger partial charge in [0.1, 0.15) is 18.1 Å². The van der Waals surface area contributed by atoms with E-state index < -0.39 is 6.03 Å². The number of nitrogens with zero attached hydrogens (tertiary/aromatic N) is 2. The first-order chi connectivity index (χ1) is 13.1. The highest BCUT2D eigenvalue weighted by atomic mass is 35.5. The molecule has 0 saturated carbocycles. The summed E-state index contributed by atoms with van der Waals surface area (Å²) < 4.78 is 11.0. The van der Waals surface area contributed by atoms with E-state index in [1.165, 1.54) is 11.3 Å². The quantitative estimate of drug-likeness (QED) is 0.590. The van der Waals surface area contributed by atoms with Gasteiger partial charge in [0, 0.05) is 10.7 Å². The monoisotopic (exact) mass is 404 g/mol. The van der Waals surface area contributed by atoms with E-state index in [0.29, 0.717) is 33.2 Å². The maximum Gasteiger partial charge on any atom is 0.325 e. The highest BCUT2D eigenvalue weighted by molar-refractivity contribution is 7.15. The average molecular weight is 405 g/mol. The van der Waals surface area contributed by atoms with Crippen LogP contribution in [-0.4, -0.2) is 22.8 Å². The third-order valence-corrected chi connectivity index (χ3v) is 4.35. The molecule has 0 radical (unpaired) electrons. The minimum absolute atomic E-state index is 0.251. The van der Waals surface area contributed by atoms with Crippen molar-refractivity contribution >= 4 is 39.8 Å². The molecule has 0 bridgehead atoms. The third kappa shape index (κ3) is 5.83. The highest BCUT2D eigenvalue weighted by Crippen LogP contribution is 2.20. The van der Waals surface area contributed by atoms with Crippen molar-refractivity contribution in [1.29, 1.82) is 0 Å². The molecule has 2 aromatic carbocycles. The summed E-state index contributed by atoms with van der Waals surface area (Å²) in [5.74, 6) is 1.43. The van der Waals surface area contributed by atoms with Crippen LogP contribution in [0.1, 0.15) is 11.9 Å². The first-order valence-electron chi connectivity index (χ1n) is 8.14. The Morgan fingerprint density at radius 3 is 2.37 bits per heavy atom. The lowest BCUT2D eigenvalue weighted by atomic mass is 10.3. The number of carbonyl (C=O) groups excluding carboxylic acids is 1. The van der Waals surface area contributed by atoms with Gasteiger partial charge < -0.3 is 14.8 Å². The van der Waals surface area contributed by atoms with Crippen molar-refractivity contribution in [2.75, 3.05) is 17.2 Å². The fourth-order valence-electron chi connectivity index (χ4n) is 2.10. The molecule has 1 aromatic heterocycles. The van der Waals surface area contributed by atoms with Gasteiger partial charge in [0.25, 0.3) is 0 Å². The van der Waals surface area contributed by atoms with Crippen molar-refractivity contribution in [3.05, 3.63) is 58.6 Å². The van der Waals surface area contributed by atoms with Crippen LogP contribution in [0, 0.1) is 0 Å². The molecular formula is C18H17ClN4O3S. The Hall–Kier alpha value is -2.84. The predicted molar refractivity (Wildman–Crippen MR) is 106 cm³/mol. The number of carbonyl (C=O) groups is 1. The van der Waals surface area contributed by atoms with E-state index in [-0.39, 0.29) is 6.61 Å². The summed E-state index contributed by atoms with van der Waals surface area (Å²) in [7, 11) is 0. The molecule has 0 aliphatic rings. The van der Waals surface area contributed by atoms with Crippen LogP contribution in [0.5, 0.6) is 11.5 Å². The molecule has 0 fully saturated rings. The van der Waals surface area contributed by atoms with Crippen LogP contribution in [-0.2, 0) is 6.61 Å². The second-order valence-electron chi connectivity index (χ2n) is 5.28. The highest BCUT2D eigenvalue weighted by Gasteiger charge is 2.09. The molecule has 2 amide bonds. The fraction of sp³-hybridized carbons (Fsp3) is 0.167. The van der Waals surface area contributed by atoms with Gasteiger partial charge in [-0.05, 0) is 55.5 Å². The molecule has 1 heterocycles. The summed E-state index contributed by atoms with van der Waals surface area (Å²) in [6.07, 6.45) is 0. The minimum atomic E-state index is -0.402. The largest absolute Gasteiger partial charge is 0.494 e. The molecule has 0 aliphatic carbocycles. The smallest absolute Gasteiger partial charge is 0.325 e. The van der Waals surface area contributed by atoms with Crippen LogP contribution in [0.25, 0.3) is 0 Å². The summed E-state index contributed by atoms with van der Waals surface area (Å²) in [4.78, 5) is 12.1. The Bertz CT molecular complexity index is 884. The summed E-state index contributed by atoms with van der Waals surface area (Å²) in [6, 6.07) is 13.7. The second kappa shape index (κ2) is 9.20. The summed E-state index contributed by atoms with van der Waals surface area (Å²) in [5.41, 5.74) is 0.645. The van der Waals surface area contributed by atoms with E-state index in [4.69, 9.17) is 21.1 Å². The Kier molecular flexibility index (Phi) is 6.45. The third-order valence-electron chi connectivity index (χ3n) is 3.29. The van der Waals surface area contributed by atoms with Crippen LogP contribution in [0.4, 0.5) is 15.6 Å². The first-order valence-corrected chi connectivity index (χ1v) is 9.33. The summed E-state index contributed by atoms with van der Waals surface area (Å²) in [5, 5.41) is 15.0. The average Bonchev–Trinajstić information content (AvgIpc) is 3.10. The van der Waals surface area contributed by atoms with Crippen LogP contribution in [0.2, 0.25) is 5.02 Å². The van der Waals surface area contributed by atoms with Crippen LogP contribution >= 0.6 is 22.9 Å². The van der Waals surface area contributed by atoms with Gasteiger partial charge in [-0.25, -0.2) is 4.79 Å². The van der Waals surface area contributed by atoms with E-state index >= 15 is 0 Å². The molecule has 140 valence electrons. The summed E-state index contributed by atoms with van der Waals surface area (Å²) in [6.45, 7) is 2.76. The van der Waals surface area contributed by atoms with Crippen molar-refractivity contribution in [1.82, 2.24) is 10.2 Å².